The summed E-state index contributed by atoms with van der Waals surface area (Å²) in [4.78, 5) is 32.7. The fourth-order valence-electron chi connectivity index (χ4n) is 5.06. The van der Waals surface area contributed by atoms with E-state index in [2.05, 4.69) is 31.0 Å². The maximum atomic E-state index is 13.4. The van der Waals surface area contributed by atoms with Gasteiger partial charge < -0.3 is 24.0 Å². The van der Waals surface area contributed by atoms with Crippen LogP contribution in [0.3, 0.4) is 0 Å². The lowest BCUT2D eigenvalue weighted by atomic mass is 9.77. The maximum Gasteiger partial charge on any atom is 0.292 e. The van der Waals surface area contributed by atoms with Gasteiger partial charge in [-0.3, -0.25) is 9.59 Å². The number of nitrogens with zero attached hydrogens (tertiary/aromatic N) is 4. The zero-order chi connectivity index (χ0) is 25.7. The summed E-state index contributed by atoms with van der Waals surface area (Å²) < 4.78 is 11.6. The number of rotatable bonds is 8. The number of carbonyl (C=O) groups is 2. The molecule has 4 rings (SSSR count). The molecule has 0 aliphatic carbocycles. The monoisotopic (exact) mass is 516 g/mol. The van der Waals surface area contributed by atoms with Gasteiger partial charge in [0, 0.05) is 62.2 Å². The highest BCUT2D eigenvalue weighted by Gasteiger charge is 2.42. The molecule has 0 spiro atoms. The van der Waals surface area contributed by atoms with Gasteiger partial charge in [0.25, 0.3) is 5.91 Å². The number of halogens is 1. The van der Waals surface area contributed by atoms with Crippen molar-refractivity contribution in [3.8, 4) is 5.75 Å². The van der Waals surface area contributed by atoms with E-state index in [1.165, 1.54) is 0 Å². The number of aromatic nitrogens is 1. The van der Waals surface area contributed by atoms with E-state index in [4.69, 9.17) is 20.9 Å². The summed E-state index contributed by atoms with van der Waals surface area (Å²) in [7, 11) is 2.07. The second kappa shape index (κ2) is 11.6. The average molecular weight is 517 g/mol. The Bertz CT molecular complexity index is 1050. The van der Waals surface area contributed by atoms with Gasteiger partial charge in [-0.25, -0.2) is 0 Å². The van der Waals surface area contributed by atoms with Crippen molar-refractivity contribution in [2.24, 2.45) is 11.3 Å². The third-order valence-electron chi connectivity index (χ3n) is 7.06. The maximum absolute atomic E-state index is 13.4. The molecule has 2 aliphatic heterocycles. The summed E-state index contributed by atoms with van der Waals surface area (Å²) in [5.41, 5.74) is 0.281. The van der Waals surface area contributed by atoms with Crippen molar-refractivity contribution in [3.63, 3.8) is 0 Å². The van der Waals surface area contributed by atoms with Crippen molar-refractivity contribution in [1.82, 2.24) is 19.9 Å². The number of benzene rings is 1. The molecule has 2 aromatic rings. The predicted octanol–water partition coefficient (Wildman–Crippen LogP) is 3.99. The Morgan fingerprint density at radius 1 is 1.14 bits per heavy atom. The summed E-state index contributed by atoms with van der Waals surface area (Å²) in [5, 5.41) is 4.68. The van der Waals surface area contributed by atoms with Crippen molar-refractivity contribution < 1.29 is 18.8 Å². The molecule has 3 heterocycles. The summed E-state index contributed by atoms with van der Waals surface area (Å²) in [6.07, 6.45) is 2.67. The number of hydrogen-bond donors (Lipinski definition) is 0. The van der Waals surface area contributed by atoms with Crippen molar-refractivity contribution in [2.75, 3.05) is 52.9 Å². The molecule has 1 aromatic heterocycles. The van der Waals surface area contributed by atoms with Gasteiger partial charge in [0.05, 0.1) is 12.3 Å². The second-order valence-electron chi connectivity index (χ2n) is 10.7. The zero-order valence-corrected chi connectivity index (χ0v) is 22.3. The molecule has 0 bridgehead atoms. The van der Waals surface area contributed by atoms with Crippen LogP contribution in [0.4, 0.5) is 0 Å². The lowest BCUT2D eigenvalue weighted by molar-refractivity contribution is -0.137. The SMILES string of the molecule is CC(C)Cc1cc(C(=O)N2CCCC(COc3cccc(Cl)c3)(CC(=O)N3CCN(C)CC3)C2)on1. The molecule has 1 aromatic carbocycles. The smallest absolute Gasteiger partial charge is 0.292 e. The molecule has 2 amide bonds. The molecule has 2 fully saturated rings. The highest BCUT2D eigenvalue weighted by Crippen LogP contribution is 2.36. The minimum atomic E-state index is -0.503. The number of likely N-dealkylation sites (N-methyl/N-ethyl adjacent to an activating group) is 1. The standard InChI is InChI=1S/C27H37ClN4O4/c1-20(2)14-22-16-24(36-29-22)26(34)32-9-5-8-27(18-32,19-35-23-7-4-6-21(28)15-23)17-25(33)31-12-10-30(3)11-13-31/h4,6-7,15-16,20H,5,8-14,17-19H2,1-3H3. The average Bonchev–Trinajstić information content (AvgIpc) is 3.31. The topological polar surface area (TPSA) is 79.1 Å². The summed E-state index contributed by atoms with van der Waals surface area (Å²) >= 11 is 6.15. The van der Waals surface area contributed by atoms with Crippen LogP contribution in [-0.4, -0.2) is 84.6 Å². The van der Waals surface area contributed by atoms with E-state index >= 15 is 0 Å². The van der Waals surface area contributed by atoms with E-state index in [1.807, 2.05) is 17.0 Å². The van der Waals surface area contributed by atoms with E-state index in [-0.39, 0.29) is 17.6 Å². The summed E-state index contributed by atoms with van der Waals surface area (Å²) in [6, 6.07) is 9.02. The molecule has 2 saturated heterocycles. The highest BCUT2D eigenvalue weighted by atomic mass is 35.5. The van der Waals surface area contributed by atoms with Gasteiger partial charge >= 0.3 is 0 Å². The number of likely N-dealkylation sites (tertiary alicyclic amines) is 1. The quantitative estimate of drug-likeness (QED) is 0.528. The third kappa shape index (κ3) is 6.79. The number of ether oxygens (including phenoxy) is 1. The van der Waals surface area contributed by atoms with Crippen LogP contribution in [0.2, 0.25) is 5.02 Å². The van der Waals surface area contributed by atoms with Gasteiger partial charge in [0.15, 0.2) is 0 Å². The Morgan fingerprint density at radius 2 is 1.92 bits per heavy atom. The molecule has 1 atom stereocenters. The first-order chi connectivity index (χ1) is 17.2. The molecular weight excluding hydrogens is 480 g/mol. The zero-order valence-electron chi connectivity index (χ0n) is 21.5. The minimum Gasteiger partial charge on any atom is -0.493 e. The normalized spacial score (nSPS) is 21.1. The van der Waals surface area contributed by atoms with Crippen LogP contribution in [0, 0.1) is 11.3 Å². The Labute approximate surface area is 218 Å². The molecule has 36 heavy (non-hydrogen) atoms. The fourth-order valence-corrected chi connectivity index (χ4v) is 5.24. The van der Waals surface area contributed by atoms with E-state index in [9.17, 15) is 9.59 Å². The summed E-state index contributed by atoms with van der Waals surface area (Å²) in [6.45, 7) is 8.75. The predicted molar refractivity (Wildman–Crippen MR) is 138 cm³/mol. The highest BCUT2D eigenvalue weighted by molar-refractivity contribution is 6.30. The number of hydrogen-bond acceptors (Lipinski definition) is 6. The van der Waals surface area contributed by atoms with E-state index < -0.39 is 5.41 Å². The van der Waals surface area contributed by atoms with Crippen LogP contribution in [0.25, 0.3) is 0 Å². The molecule has 2 aliphatic rings. The number of piperazine rings is 1. The van der Waals surface area contributed by atoms with Gasteiger partial charge in [-0.05, 0) is 50.4 Å². The molecule has 0 saturated carbocycles. The van der Waals surface area contributed by atoms with Gasteiger partial charge in [-0.2, -0.15) is 0 Å². The van der Waals surface area contributed by atoms with Crippen molar-refractivity contribution in [2.45, 2.75) is 39.5 Å². The fraction of sp³-hybridized carbons (Fsp3) is 0.593. The van der Waals surface area contributed by atoms with Crippen LogP contribution in [0.5, 0.6) is 5.75 Å². The van der Waals surface area contributed by atoms with E-state index in [1.54, 1.807) is 23.1 Å². The number of carbonyl (C=O) groups excluding carboxylic acids is 2. The van der Waals surface area contributed by atoms with Gasteiger partial charge in [-0.15, -0.1) is 0 Å². The van der Waals surface area contributed by atoms with Crippen LogP contribution < -0.4 is 4.74 Å². The minimum absolute atomic E-state index is 0.117. The second-order valence-corrected chi connectivity index (χ2v) is 11.2. The van der Waals surface area contributed by atoms with Gasteiger partial charge in [-0.1, -0.05) is 36.7 Å². The Kier molecular flexibility index (Phi) is 8.57. The van der Waals surface area contributed by atoms with Crippen LogP contribution in [-0.2, 0) is 11.2 Å². The lowest BCUT2D eigenvalue weighted by Gasteiger charge is -2.43. The van der Waals surface area contributed by atoms with E-state index in [0.29, 0.717) is 42.8 Å². The molecule has 0 N–H and O–H groups in total. The molecule has 196 valence electrons. The van der Waals surface area contributed by atoms with E-state index in [0.717, 1.165) is 51.1 Å². The Hall–Kier alpha value is -2.58. The van der Waals surface area contributed by atoms with Crippen LogP contribution >= 0.6 is 11.6 Å². The molecular formula is C27H37ClN4O4. The van der Waals surface area contributed by atoms with Crippen molar-refractivity contribution in [1.29, 1.82) is 0 Å². The van der Waals surface area contributed by atoms with Crippen molar-refractivity contribution >= 4 is 23.4 Å². The molecule has 9 heteroatoms. The van der Waals surface area contributed by atoms with Gasteiger partial charge in [0.2, 0.25) is 11.7 Å². The Balaban J connectivity index is 1.50. The van der Waals surface area contributed by atoms with Gasteiger partial charge in [0.1, 0.15) is 5.75 Å². The molecule has 0 radical (unpaired) electrons. The number of piperidine rings is 1. The number of amides is 2. The first kappa shape index (κ1) is 26.5. The van der Waals surface area contributed by atoms with Crippen LogP contribution in [0.1, 0.15) is 49.4 Å². The summed E-state index contributed by atoms with van der Waals surface area (Å²) in [5.74, 6) is 1.26. The van der Waals surface area contributed by atoms with Crippen LogP contribution in [0.15, 0.2) is 34.9 Å². The lowest BCUT2D eigenvalue weighted by Crippen LogP contribution is -2.53. The Morgan fingerprint density at radius 3 is 2.64 bits per heavy atom. The molecule has 1 unspecified atom stereocenters. The first-order valence-corrected chi connectivity index (χ1v) is 13.2. The third-order valence-corrected chi connectivity index (χ3v) is 7.29. The largest absolute Gasteiger partial charge is 0.493 e. The molecule has 8 nitrogen and oxygen atoms in total. The first-order valence-electron chi connectivity index (χ1n) is 12.8. The van der Waals surface area contributed by atoms with Crippen molar-refractivity contribution in [3.05, 3.63) is 46.8 Å².